The largest absolute Gasteiger partial charge is 0.389 e. The van der Waals surface area contributed by atoms with Crippen molar-refractivity contribution >= 4 is 11.8 Å². The van der Waals surface area contributed by atoms with Crippen LogP contribution in [0.3, 0.4) is 0 Å². The number of carbonyl (C=O) groups is 2. The average Bonchev–Trinajstić information content (AvgIpc) is 2.57. The number of carbonyl (C=O) groups excluding carboxylic acids is 2. The summed E-state index contributed by atoms with van der Waals surface area (Å²) < 4.78 is 0. The molecule has 2 aliphatic rings. The molecule has 2 atom stereocenters. The molecule has 20 heavy (non-hydrogen) atoms. The zero-order valence-corrected chi connectivity index (χ0v) is 11.2. The molecular weight excluding hydrogens is 256 g/mol. The molecule has 3 rings (SSSR count). The van der Waals surface area contributed by atoms with Crippen LogP contribution in [0.2, 0.25) is 0 Å². The number of β-amino-alcohol motifs (C(OH)–C–C–N with tert-alkyl or cyclic N) is 1. The van der Waals surface area contributed by atoms with Crippen LogP contribution in [0.25, 0.3) is 0 Å². The van der Waals surface area contributed by atoms with Gasteiger partial charge in [0.2, 0.25) is 0 Å². The Balaban J connectivity index is 1.96. The highest BCUT2D eigenvalue weighted by Crippen LogP contribution is 2.26. The van der Waals surface area contributed by atoms with E-state index in [-0.39, 0.29) is 11.8 Å². The standard InChI is InChI=1S/C15H16N2O3/c1-16-8-4-7-12(13(18)9-16)17-14(19)10-5-2-3-6-11(10)15(17)20/h2-7,12-13,18H,8-9H2,1H3/t12-,13-/m0/s1. The summed E-state index contributed by atoms with van der Waals surface area (Å²) in [5, 5.41) is 10.3. The van der Waals surface area contributed by atoms with Crippen molar-refractivity contribution in [3.05, 3.63) is 47.5 Å². The van der Waals surface area contributed by atoms with Crippen molar-refractivity contribution in [1.29, 1.82) is 0 Å². The summed E-state index contributed by atoms with van der Waals surface area (Å²) >= 11 is 0. The van der Waals surface area contributed by atoms with Crippen molar-refractivity contribution < 1.29 is 14.7 Å². The zero-order valence-electron chi connectivity index (χ0n) is 11.2. The van der Waals surface area contributed by atoms with Gasteiger partial charge in [0.25, 0.3) is 11.8 Å². The number of nitrogens with zero attached hydrogens (tertiary/aromatic N) is 2. The van der Waals surface area contributed by atoms with Gasteiger partial charge in [-0.2, -0.15) is 0 Å². The topological polar surface area (TPSA) is 60.9 Å². The van der Waals surface area contributed by atoms with Crippen molar-refractivity contribution in [2.75, 3.05) is 20.1 Å². The molecule has 0 spiro atoms. The third-order valence-corrected chi connectivity index (χ3v) is 3.77. The van der Waals surface area contributed by atoms with Crippen molar-refractivity contribution in [3.63, 3.8) is 0 Å². The number of aliphatic hydroxyl groups is 1. The van der Waals surface area contributed by atoms with Gasteiger partial charge in [-0.1, -0.05) is 24.3 Å². The SMILES string of the molecule is CN1CC=C[C@H](N2C(=O)c3ccccc3C2=O)[C@@H](O)C1. The highest BCUT2D eigenvalue weighted by Gasteiger charge is 2.41. The van der Waals surface area contributed by atoms with E-state index in [0.29, 0.717) is 24.2 Å². The molecule has 0 fully saturated rings. The van der Waals surface area contributed by atoms with E-state index in [9.17, 15) is 14.7 Å². The predicted octanol–water partition coefficient (Wildman–Crippen LogP) is 0.514. The lowest BCUT2D eigenvalue weighted by atomic mass is 10.1. The number of rotatable bonds is 1. The van der Waals surface area contributed by atoms with E-state index in [1.54, 1.807) is 30.3 Å². The summed E-state index contributed by atoms with van der Waals surface area (Å²) in [5.74, 6) is -0.660. The van der Waals surface area contributed by atoms with Crippen LogP contribution in [-0.2, 0) is 0 Å². The second kappa shape index (κ2) is 4.85. The smallest absolute Gasteiger partial charge is 0.262 e. The van der Waals surface area contributed by atoms with E-state index in [1.165, 1.54) is 4.90 Å². The van der Waals surface area contributed by atoms with Gasteiger partial charge < -0.3 is 10.0 Å². The molecule has 1 N–H and O–H groups in total. The third-order valence-electron chi connectivity index (χ3n) is 3.77. The summed E-state index contributed by atoms with van der Waals surface area (Å²) in [6, 6.07) is 6.16. The fourth-order valence-corrected chi connectivity index (χ4v) is 2.75. The first-order chi connectivity index (χ1) is 9.59. The molecule has 0 bridgehead atoms. The van der Waals surface area contributed by atoms with Gasteiger partial charge in [0, 0.05) is 13.1 Å². The van der Waals surface area contributed by atoms with Crippen molar-refractivity contribution in [2.45, 2.75) is 12.1 Å². The number of fused-ring (bicyclic) bond motifs is 1. The summed E-state index contributed by atoms with van der Waals surface area (Å²) in [6.07, 6.45) is 2.85. The fourth-order valence-electron chi connectivity index (χ4n) is 2.75. The van der Waals surface area contributed by atoms with Gasteiger partial charge in [0.1, 0.15) is 0 Å². The Labute approximate surface area is 117 Å². The molecule has 2 heterocycles. The van der Waals surface area contributed by atoms with E-state index < -0.39 is 12.1 Å². The van der Waals surface area contributed by atoms with Crippen LogP contribution in [0.4, 0.5) is 0 Å². The Kier molecular flexibility index (Phi) is 3.16. The Morgan fingerprint density at radius 2 is 1.75 bits per heavy atom. The third kappa shape index (κ3) is 1.95. The van der Waals surface area contributed by atoms with E-state index >= 15 is 0 Å². The van der Waals surface area contributed by atoms with Gasteiger partial charge in [0.05, 0.1) is 23.3 Å². The lowest BCUT2D eigenvalue weighted by molar-refractivity contribution is 0.0382. The summed E-state index contributed by atoms with van der Waals surface area (Å²) in [7, 11) is 1.89. The second-order valence-corrected chi connectivity index (χ2v) is 5.23. The average molecular weight is 272 g/mol. The monoisotopic (exact) mass is 272 g/mol. The first-order valence-electron chi connectivity index (χ1n) is 6.60. The lowest BCUT2D eigenvalue weighted by Crippen LogP contribution is -2.48. The Morgan fingerprint density at radius 1 is 1.15 bits per heavy atom. The minimum atomic E-state index is -0.777. The molecule has 0 radical (unpaired) electrons. The van der Waals surface area contributed by atoms with Crippen molar-refractivity contribution in [2.24, 2.45) is 0 Å². The van der Waals surface area contributed by atoms with Crippen LogP contribution in [0.1, 0.15) is 20.7 Å². The van der Waals surface area contributed by atoms with Gasteiger partial charge >= 0.3 is 0 Å². The molecule has 2 amide bonds. The number of amides is 2. The molecule has 0 aliphatic carbocycles. The van der Waals surface area contributed by atoms with Gasteiger partial charge in [-0.25, -0.2) is 0 Å². The van der Waals surface area contributed by atoms with Crippen molar-refractivity contribution in [3.8, 4) is 0 Å². The number of likely N-dealkylation sites (N-methyl/N-ethyl adjacent to an activating group) is 1. The maximum Gasteiger partial charge on any atom is 0.262 e. The maximum atomic E-state index is 12.4. The number of hydrogen-bond donors (Lipinski definition) is 1. The molecule has 5 heteroatoms. The predicted molar refractivity (Wildman–Crippen MR) is 73.4 cm³/mol. The van der Waals surface area contributed by atoms with Crippen LogP contribution in [0.5, 0.6) is 0 Å². The van der Waals surface area contributed by atoms with Crippen LogP contribution in [0, 0.1) is 0 Å². The Hall–Kier alpha value is -1.98. The molecule has 1 aromatic rings. The van der Waals surface area contributed by atoms with Gasteiger partial charge in [-0.3, -0.25) is 14.5 Å². The number of benzene rings is 1. The zero-order chi connectivity index (χ0) is 14.3. The molecular formula is C15H16N2O3. The highest BCUT2D eigenvalue weighted by molar-refractivity contribution is 6.21. The summed E-state index contributed by atoms with van der Waals surface area (Å²) in [6.45, 7) is 1.11. The number of imide groups is 1. The van der Waals surface area contributed by atoms with E-state index in [0.717, 1.165) is 0 Å². The molecule has 1 aromatic carbocycles. The van der Waals surface area contributed by atoms with Crippen LogP contribution in [0.15, 0.2) is 36.4 Å². The minimum Gasteiger partial charge on any atom is -0.389 e. The quantitative estimate of drug-likeness (QED) is 0.598. The maximum absolute atomic E-state index is 12.4. The van der Waals surface area contributed by atoms with Gasteiger partial charge in [0.15, 0.2) is 0 Å². The van der Waals surface area contributed by atoms with E-state index in [4.69, 9.17) is 0 Å². The first kappa shape index (κ1) is 13.0. The Morgan fingerprint density at radius 3 is 2.35 bits per heavy atom. The van der Waals surface area contributed by atoms with Gasteiger partial charge in [-0.15, -0.1) is 0 Å². The molecule has 2 aliphatic heterocycles. The van der Waals surface area contributed by atoms with Crippen LogP contribution >= 0.6 is 0 Å². The van der Waals surface area contributed by atoms with E-state index in [2.05, 4.69) is 0 Å². The first-order valence-corrected chi connectivity index (χ1v) is 6.60. The summed E-state index contributed by atoms with van der Waals surface area (Å²) in [5.41, 5.74) is 0.825. The fraction of sp³-hybridized carbons (Fsp3) is 0.333. The lowest BCUT2D eigenvalue weighted by Gasteiger charge is -2.28. The van der Waals surface area contributed by atoms with Gasteiger partial charge in [-0.05, 0) is 19.2 Å². The molecule has 0 aromatic heterocycles. The van der Waals surface area contributed by atoms with Crippen LogP contribution < -0.4 is 0 Å². The van der Waals surface area contributed by atoms with Crippen LogP contribution in [-0.4, -0.2) is 59.0 Å². The molecule has 0 unspecified atom stereocenters. The summed E-state index contributed by atoms with van der Waals surface area (Å²) in [4.78, 5) is 27.9. The minimum absolute atomic E-state index is 0.330. The van der Waals surface area contributed by atoms with Crippen molar-refractivity contribution in [1.82, 2.24) is 9.80 Å². The molecule has 104 valence electrons. The second-order valence-electron chi connectivity index (χ2n) is 5.23. The Bertz CT molecular complexity index is 562. The normalized spacial score (nSPS) is 26.8. The number of aliphatic hydroxyl groups excluding tert-OH is 1. The molecule has 5 nitrogen and oxygen atoms in total. The molecule has 0 saturated carbocycles. The molecule has 0 saturated heterocycles. The van der Waals surface area contributed by atoms with E-state index in [1.807, 2.05) is 18.0 Å². The highest BCUT2D eigenvalue weighted by atomic mass is 16.3. The number of hydrogen-bond acceptors (Lipinski definition) is 4.